The van der Waals surface area contributed by atoms with E-state index in [4.69, 9.17) is 0 Å². The first-order valence-electron chi connectivity index (χ1n) is 10.1. The minimum absolute atomic E-state index is 0.273. The molecule has 0 aliphatic heterocycles. The maximum absolute atomic E-state index is 12.8. The summed E-state index contributed by atoms with van der Waals surface area (Å²) >= 11 is 0. The Labute approximate surface area is 147 Å². The van der Waals surface area contributed by atoms with E-state index in [0.717, 1.165) is 5.56 Å². The molecule has 2 aliphatic rings. The number of aryl methyl sites for hydroxylation is 1. The van der Waals surface area contributed by atoms with Gasteiger partial charge in [0.2, 0.25) is 0 Å². The number of hydrogen-bond donors (Lipinski definition) is 1. The highest BCUT2D eigenvalue weighted by Gasteiger charge is 2.23. The molecule has 0 bridgehead atoms. The van der Waals surface area contributed by atoms with Gasteiger partial charge in [0, 0.05) is 29.0 Å². The molecule has 0 atom stereocenters. The highest BCUT2D eigenvalue weighted by Crippen LogP contribution is 2.32. The fourth-order valence-electron chi connectivity index (χ4n) is 4.78. The molecule has 134 valence electrons. The lowest BCUT2D eigenvalue weighted by Gasteiger charge is -2.26. The second kappa shape index (κ2) is 8.33. The van der Waals surface area contributed by atoms with E-state index in [1.165, 1.54) is 82.0 Å². The molecule has 0 aromatic carbocycles. The number of aromatic nitrogens is 1. The summed E-state index contributed by atoms with van der Waals surface area (Å²) in [7, 11) is 0. The number of Topliss-reactive ketones (excluding diaryl/α,β-unsaturated/α-hetero) is 1. The maximum Gasteiger partial charge on any atom is 0.178 e. The molecule has 2 aliphatic carbocycles. The molecule has 2 saturated carbocycles. The average Bonchev–Trinajstić information content (AvgIpc) is 2.78. The molecular formula is C21H34N2O. The van der Waals surface area contributed by atoms with E-state index in [1.807, 2.05) is 0 Å². The normalized spacial score (nSPS) is 20.9. The molecule has 3 heteroatoms. The highest BCUT2D eigenvalue weighted by molar-refractivity contribution is 5.99. The van der Waals surface area contributed by atoms with Crippen LogP contribution in [0.2, 0.25) is 0 Å². The lowest BCUT2D eigenvalue weighted by atomic mass is 9.95. The van der Waals surface area contributed by atoms with Crippen LogP contribution >= 0.6 is 0 Å². The Kier molecular flexibility index (Phi) is 6.15. The highest BCUT2D eigenvalue weighted by atomic mass is 16.1. The molecule has 0 spiro atoms. The standard InChI is InChI=1S/C21H34N2O/c1-16-14-20(17(2)23(16)19-12-8-5-9-13-19)21(24)15-22-18-10-6-3-4-7-11-18/h14,18-19,22H,3-13,15H2,1-2H3. The van der Waals surface area contributed by atoms with Crippen molar-refractivity contribution in [2.75, 3.05) is 6.54 Å². The Bertz CT molecular complexity index is 546. The van der Waals surface area contributed by atoms with Crippen molar-refractivity contribution in [2.45, 2.75) is 96.6 Å². The Morgan fingerprint density at radius 2 is 1.58 bits per heavy atom. The second-order valence-electron chi connectivity index (χ2n) is 7.94. The topological polar surface area (TPSA) is 34.0 Å². The molecule has 24 heavy (non-hydrogen) atoms. The first-order valence-corrected chi connectivity index (χ1v) is 10.1. The quantitative estimate of drug-likeness (QED) is 0.601. The average molecular weight is 331 g/mol. The SMILES string of the molecule is Cc1cc(C(=O)CNC2CCCCCC2)c(C)n1C1CCCCC1. The smallest absolute Gasteiger partial charge is 0.178 e. The third-order valence-corrected chi connectivity index (χ3v) is 6.13. The molecule has 3 rings (SSSR count). The van der Waals surface area contributed by atoms with Gasteiger partial charge in [-0.25, -0.2) is 0 Å². The van der Waals surface area contributed by atoms with Crippen molar-refractivity contribution in [3.8, 4) is 0 Å². The summed E-state index contributed by atoms with van der Waals surface area (Å²) in [5.74, 6) is 0.273. The van der Waals surface area contributed by atoms with Gasteiger partial charge in [-0.1, -0.05) is 44.9 Å². The van der Waals surface area contributed by atoms with Crippen molar-refractivity contribution >= 4 is 5.78 Å². The number of nitrogens with one attached hydrogen (secondary N) is 1. The van der Waals surface area contributed by atoms with Crippen LogP contribution in [-0.2, 0) is 0 Å². The van der Waals surface area contributed by atoms with Crippen LogP contribution in [0.3, 0.4) is 0 Å². The van der Waals surface area contributed by atoms with Gasteiger partial charge in [-0.2, -0.15) is 0 Å². The number of ketones is 1. The molecule has 0 amide bonds. The van der Waals surface area contributed by atoms with Gasteiger partial charge >= 0.3 is 0 Å². The maximum atomic E-state index is 12.8. The largest absolute Gasteiger partial charge is 0.345 e. The molecule has 0 unspecified atom stereocenters. The summed E-state index contributed by atoms with van der Waals surface area (Å²) in [5.41, 5.74) is 3.39. The summed E-state index contributed by atoms with van der Waals surface area (Å²) in [6.07, 6.45) is 14.3. The lowest BCUT2D eigenvalue weighted by Crippen LogP contribution is -2.33. The number of carbonyl (C=O) groups excluding carboxylic acids is 1. The van der Waals surface area contributed by atoms with E-state index in [9.17, 15) is 4.79 Å². The number of hydrogen-bond acceptors (Lipinski definition) is 2. The van der Waals surface area contributed by atoms with Gasteiger partial charge in [0.05, 0.1) is 6.54 Å². The third kappa shape index (κ3) is 4.11. The molecule has 0 radical (unpaired) electrons. The van der Waals surface area contributed by atoms with E-state index in [0.29, 0.717) is 18.6 Å². The number of rotatable bonds is 5. The molecular weight excluding hydrogens is 296 g/mol. The third-order valence-electron chi connectivity index (χ3n) is 6.13. The van der Waals surface area contributed by atoms with Gasteiger partial charge in [0.25, 0.3) is 0 Å². The van der Waals surface area contributed by atoms with Gasteiger partial charge in [-0.3, -0.25) is 4.79 Å². The lowest BCUT2D eigenvalue weighted by molar-refractivity contribution is 0.0985. The zero-order valence-electron chi connectivity index (χ0n) is 15.6. The molecule has 3 nitrogen and oxygen atoms in total. The van der Waals surface area contributed by atoms with Crippen molar-refractivity contribution in [1.82, 2.24) is 9.88 Å². The van der Waals surface area contributed by atoms with Crippen LogP contribution in [-0.4, -0.2) is 22.9 Å². The molecule has 0 saturated heterocycles. The summed E-state index contributed by atoms with van der Waals surface area (Å²) < 4.78 is 2.44. The van der Waals surface area contributed by atoms with Crippen LogP contribution < -0.4 is 5.32 Å². The molecule has 1 heterocycles. The van der Waals surface area contributed by atoms with Crippen molar-refractivity contribution < 1.29 is 4.79 Å². The molecule has 1 aromatic rings. The van der Waals surface area contributed by atoms with Crippen molar-refractivity contribution in [3.05, 3.63) is 23.0 Å². The van der Waals surface area contributed by atoms with Crippen LogP contribution in [0.5, 0.6) is 0 Å². The first-order chi connectivity index (χ1) is 11.7. The molecule has 1 N–H and O–H groups in total. The van der Waals surface area contributed by atoms with Crippen molar-refractivity contribution in [1.29, 1.82) is 0 Å². The van der Waals surface area contributed by atoms with Crippen LogP contribution in [0.1, 0.15) is 98.4 Å². The molecule has 1 aromatic heterocycles. The fourth-order valence-corrected chi connectivity index (χ4v) is 4.78. The van der Waals surface area contributed by atoms with E-state index >= 15 is 0 Å². The van der Waals surface area contributed by atoms with E-state index in [-0.39, 0.29) is 5.78 Å². The Morgan fingerprint density at radius 3 is 2.25 bits per heavy atom. The van der Waals surface area contributed by atoms with Gasteiger partial charge in [-0.05, 0) is 45.6 Å². The van der Waals surface area contributed by atoms with E-state index in [1.54, 1.807) is 0 Å². The molecule has 2 fully saturated rings. The minimum atomic E-state index is 0.273. The fraction of sp³-hybridized carbons (Fsp3) is 0.762. The van der Waals surface area contributed by atoms with Crippen LogP contribution in [0.15, 0.2) is 6.07 Å². The number of nitrogens with zero attached hydrogens (tertiary/aromatic N) is 1. The Hall–Kier alpha value is -1.09. The minimum Gasteiger partial charge on any atom is -0.345 e. The predicted octanol–water partition coefficient (Wildman–Crippen LogP) is 5.11. The van der Waals surface area contributed by atoms with E-state index < -0.39 is 0 Å². The second-order valence-corrected chi connectivity index (χ2v) is 7.94. The Morgan fingerprint density at radius 1 is 1.00 bits per heavy atom. The van der Waals surface area contributed by atoms with Crippen molar-refractivity contribution in [3.63, 3.8) is 0 Å². The Balaban J connectivity index is 1.64. The first kappa shape index (κ1) is 17.7. The summed E-state index contributed by atoms with van der Waals surface area (Å²) in [4.78, 5) is 12.8. The summed E-state index contributed by atoms with van der Waals surface area (Å²) in [6.45, 7) is 4.80. The summed E-state index contributed by atoms with van der Waals surface area (Å²) in [6, 6.07) is 3.27. The van der Waals surface area contributed by atoms with Gasteiger partial charge in [0.1, 0.15) is 0 Å². The zero-order chi connectivity index (χ0) is 16.9. The number of carbonyl (C=O) groups is 1. The van der Waals surface area contributed by atoms with Gasteiger partial charge < -0.3 is 9.88 Å². The van der Waals surface area contributed by atoms with E-state index in [2.05, 4.69) is 29.8 Å². The zero-order valence-corrected chi connectivity index (χ0v) is 15.6. The monoisotopic (exact) mass is 330 g/mol. The van der Waals surface area contributed by atoms with Crippen LogP contribution in [0, 0.1) is 13.8 Å². The van der Waals surface area contributed by atoms with Crippen LogP contribution in [0.4, 0.5) is 0 Å². The summed E-state index contributed by atoms with van der Waals surface area (Å²) in [5, 5.41) is 3.54. The van der Waals surface area contributed by atoms with Crippen LogP contribution in [0.25, 0.3) is 0 Å². The predicted molar refractivity (Wildman–Crippen MR) is 99.9 cm³/mol. The van der Waals surface area contributed by atoms with Gasteiger partial charge in [-0.15, -0.1) is 0 Å². The van der Waals surface area contributed by atoms with Crippen molar-refractivity contribution in [2.24, 2.45) is 0 Å². The van der Waals surface area contributed by atoms with Gasteiger partial charge in [0.15, 0.2) is 5.78 Å².